The Kier molecular flexibility index (Phi) is 5.22. The van der Waals surface area contributed by atoms with Crippen molar-refractivity contribution < 1.29 is 8.42 Å². The highest BCUT2D eigenvalue weighted by Crippen LogP contribution is 2.31. The van der Waals surface area contributed by atoms with Crippen molar-refractivity contribution in [3.8, 4) is 0 Å². The molecule has 0 amide bonds. The van der Waals surface area contributed by atoms with Gasteiger partial charge in [-0.3, -0.25) is 0 Å². The number of hydrogen-bond donors (Lipinski definition) is 0. The molecule has 0 bridgehead atoms. The number of halogens is 1. The van der Waals surface area contributed by atoms with Crippen molar-refractivity contribution in [3.63, 3.8) is 0 Å². The van der Waals surface area contributed by atoms with E-state index in [2.05, 4.69) is 23.3 Å². The number of para-hydroxylation sites is 1. The average Bonchev–Trinajstić information content (AvgIpc) is 3.02. The number of thiophene rings is 1. The molecule has 1 aromatic heterocycles. The van der Waals surface area contributed by atoms with Crippen LogP contribution in [0.15, 0.2) is 45.5 Å². The van der Waals surface area contributed by atoms with Crippen molar-refractivity contribution in [2.75, 3.05) is 37.3 Å². The monoisotopic (exact) mass is 388 g/mol. The average molecular weight is 389 g/mol. The van der Waals surface area contributed by atoms with Crippen molar-refractivity contribution in [1.29, 1.82) is 0 Å². The third-order valence-corrected chi connectivity index (χ3v) is 8.19. The Morgan fingerprint density at radius 3 is 2.39 bits per heavy atom. The van der Waals surface area contributed by atoms with Crippen LogP contribution in [0.2, 0.25) is 4.34 Å². The van der Waals surface area contributed by atoms with Gasteiger partial charge < -0.3 is 4.90 Å². The van der Waals surface area contributed by atoms with Crippen LogP contribution >= 0.6 is 34.7 Å². The molecule has 0 spiro atoms. The predicted molar refractivity (Wildman–Crippen MR) is 98.5 cm³/mol. The highest BCUT2D eigenvalue weighted by atomic mass is 35.5. The van der Waals surface area contributed by atoms with Crippen LogP contribution in [0.25, 0.3) is 0 Å². The topological polar surface area (TPSA) is 40.6 Å². The van der Waals surface area contributed by atoms with E-state index in [1.165, 1.54) is 10.6 Å². The number of hydrogen-bond acceptors (Lipinski definition) is 5. The van der Waals surface area contributed by atoms with Gasteiger partial charge in [0.2, 0.25) is 0 Å². The van der Waals surface area contributed by atoms with Crippen molar-refractivity contribution in [2.24, 2.45) is 0 Å². The zero-order chi connectivity index (χ0) is 16.4. The third kappa shape index (κ3) is 3.53. The highest BCUT2D eigenvalue weighted by Gasteiger charge is 2.30. The number of thioether (sulfide) groups is 1. The molecule has 3 rings (SSSR count). The van der Waals surface area contributed by atoms with Crippen LogP contribution in [0.3, 0.4) is 0 Å². The van der Waals surface area contributed by atoms with E-state index < -0.39 is 10.0 Å². The minimum Gasteiger partial charge on any atom is -0.368 e. The van der Waals surface area contributed by atoms with Crippen LogP contribution in [0, 0.1) is 0 Å². The lowest BCUT2D eigenvalue weighted by atomic mass is 10.2. The molecular formula is C15H17ClN2O2S3. The molecule has 2 aromatic rings. The van der Waals surface area contributed by atoms with Gasteiger partial charge in [0.1, 0.15) is 4.21 Å². The summed E-state index contributed by atoms with van der Waals surface area (Å²) in [6.45, 7) is 2.35. The lowest BCUT2D eigenvalue weighted by Gasteiger charge is -2.35. The number of benzene rings is 1. The van der Waals surface area contributed by atoms with E-state index in [9.17, 15) is 8.42 Å². The highest BCUT2D eigenvalue weighted by molar-refractivity contribution is 7.98. The molecule has 1 aliphatic rings. The molecule has 0 atom stereocenters. The van der Waals surface area contributed by atoms with Gasteiger partial charge in [-0.05, 0) is 30.5 Å². The van der Waals surface area contributed by atoms with Gasteiger partial charge in [0.05, 0.1) is 10.0 Å². The fourth-order valence-corrected chi connectivity index (χ4v) is 6.30. The number of nitrogens with zero attached hydrogens (tertiary/aromatic N) is 2. The second-order valence-corrected chi connectivity index (χ2v) is 9.85. The Bertz CT molecular complexity index is 784. The molecular weight excluding hydrogens is 372 g/mol. The van der Waals surface area contributed by atoms with Gasteiger partial charge in [0.15, 0.2) is 0 Å². The van der Waals surface area contributed by atoms with Crippen molar-refractivity contribution in [3.05, 3.63) is 40.7 Å². The molecule has 8 heteroatoms. The largest absolute Gasteiger partial charge is 0.368 e. The van der Waals surface area contributed by atoms with Gasteiger partial charge in [0.25, 0.3) is 10.0 Å². The van der Waals surface area contributed by atoms with Gasteiger partial charge in [-0.25, -0.2) is 8.42 Å². The first-order valence-electron chi connectivity index (χ1n) is 7.16. The van der Waals surface area contributed by atoms with E-state index >= 15 is 0 Å². The lowest BCUT2D eigenvalue weighted by molar-refractivity contribution is 0.385. The van der Waals surface area contributed by atoms with E-state index in [0.717, 1.165) is 11.3 Å². The maximum Gasteiger partial charge on any atom is 0.252 e. The Morgan fingerprint density at radius 1 is 1.09 bits per heavy atom. The Morgan fingerprint density at radius 2 is 1.78 bits per heavy atom. The molecule has 0 saturated carbocycles. The molecule has 23 heavy (non-hydrogen) atoms. The van der Waals surface area contributed by atoms with Gasteiger partial charge in [-0.1, -0.05) is 23.7 Å². The van der Waals surface area contributed by atoms with E-state index in [4.69, 9.17) is 11.6 Å². The zero-order valence-corrected chi connectivity index (χ0v) is 15.8. The van der Waals surface area contributed by atoms with E-state index in [1.54, 1.807) is 28.2 Å². The summed E-state index contributed by atoms with van der Waals surface area (Å²) in [6.07, 6.45) is 2.06. The second kappa shape index (κ2) is 7.03. The quantitative estimate of drug-likeness (QED) is 0.750. The summed E-state index contributed by atoms with van der Waals surface area (Å²) in [5.41, 5.74) is 1.18. The normalized spacial score (nSPS) is 16.7. The molecule has 1 fully saturated rings. The number of rotatable bonds is 4. The van der Waals surface area contributed by atoms with Crippen LogP contribution in [-0.2, 0) is 10.0 Å². The number of piperazine rings is 1. The van der Waals surface area contributed by atoms with E-state index in [1.807, 2.05) is 12.1 Å². The SMILES string of the molecule is CSc1ccccc1N1CCN(S(=O)(=O)c2ccc(Cl)s2)CC1. The maximum atomic E-state index is 12.6. The molecule has 2 heterocycles. The number of sulfonamides is 1. The van der Waals surface area contributed by atoms with Crippen molar-refractivity contribution in [2.45, 2.75) is 9.10 Å². The molecule has 124 valence electrons. The lowest BCUT2D eigenvalue weighted by Crippen LogP contribution is -2.48. The van der Waals surface area contributed by atoms with Crippen LogP contribution in [0.4, 0.5) is 5.69 Å². The van der Waals surface area contributed by atoms with Gasteiger partial charge >= 0.3 is 0 Å². The number of anilines is 1. The minimum absolute atomic E-state index is 0.320. The van der Waals surface area contributed by atoms with Crippen molar-refractivity contribution in [1.82, 2.24) is 4.31 Å². The first-order chi connectivity index (χ1) is 11.0. The fraction of sp³-hybridized carbons (Fsp3) is 0.333. The molecule has 0 radical (unpaired) electrons. The summed E-state index contributed by atoms with van der Waals surface area (Å²) >= 11 is 8.69. The Hall–Kier alpha value is -0.730. The predicted octanol–water partition coefficient (Wildman–Crippen LogP) is 3.63. The molecule has 0 aliphatic carbocycles. The maximum absolute atomic E-state index is 12.6. The van der Waals surface area contributed by atoms with Crippen molar-refractivity contribution >= 4 is 50.4 Å². The summed E-state index contributed by atoms with van der Waals surface area (Å²) in [6, 6.07) is 11.4. The minimum atomic E-state index is -3.43. The summed E-state index contributed by atoms with van der Waals surface area (Å²) in [5, 5.41) is 0. The van der Waals surface area contributed by atoms with Gasteiger partial charge in [0, 0.05) is 31.1 Å². The molecule has 0 unspecified atom stereocenters. The molecule has 0 N–H and O–H groups in total. The summed E-state index contributed by atoms with van der Waals surface area (Å²) < 4.78 is 27.6. The standard InChI is InChI=1S/C15H17ClN2O2S3/c1-21-13-5-3-2-4-12(13)17-8-10-18(11-9-17)23(19,20)15-7-6-14(16)22-15/h2-7H,8-11H2,1H3. The first-order valence-corrected chi connectivity index (χ1v) is 11.0. The molecule has 1 aliphatic heterocycles. The van der Waals surface area contributed by atoms with Gasteiger partial charge in [-0.15, -0.1) is 23.1 Å². The second-order valence-electron chi connectivity index (χ2n) is 5.12. The Balaban J connectivity index is 1.73. The van der Waals surface area contributed by atoms with E-state index in [-0.39, 0.29) is 0 Å². The summed E-state index contributed by atoms with van der Waals surface area (Å²) in [4.78, 5) is 3.47. The van der Waals surface area contributed by atoms with E-state index in [0.29, 0.717) is 34.7 Å². The summed E-state index contributed by atoms with van der Waals surface area (Å²) in [7, 11) is -3.43. The summed E-state index contributed by atoms with van der Waals surface area (Å²) in [5.74, 6) is 0. The van der Waals surface area contributed by atoms with Crippen LogP contribution in [-0.4, -0.2) is 45.2 Å². The molecule has 1 saturated heterocycles. The smallest absolute Gasteiger partial charge is 0.252 e. The Labute approximate surface area is 150 Å². The zero-order valence-electron chi connectivity index (χ0n) is 12.6. The van der Waals surface area contributed by atoms with Crippen LogP contribution in [0.1, 0.15) is 0 Å². The molecule has 1 aromatic carbocycles. The van der Waals surface area contributed by atoms with Crippen LogP contribution in [0.5, 0.6) is 0 Å². The fourth-order valence-electron chi connectivity index (χ4n) is 2.62. The first kappa shape index (κ1) is 17.1. The molecule has 4 nitrogen and oxygen atoms in total. The van der Waals surface area contributed by atoms with Gasteiger partial charge in [-0.2, -0.15) is 4.31 Å². The third-order valence-electron chi connectivity index (χ3n) is 3.81. The van der Waals surface area contributed by atoms with Crippen LogP contribution < -0.4 is 4.90 Å².